The molecule has 0 amide bonds. The fourth-order valence-electron chi connectivity index (χ4n) is 3.12. The Hall–Kier alpha value is -2.34. The van der Waals surface area contributed by atoms with Crippen molar-refractivity contribution in [2.45, 2.75) is 11.6 Å². The summed E-state index contributed by atoms with van der Waals surface area (Å²) in [7, 11) is 2.16. The van der Waals surface area contributed by atoms with Gasteiger partial charge < -0.3 is 19.5 Å². The van der Waals surface area contributed by atoms with Crippen molar-refractivity contribution in [2.24, 2.45) is 0 Å². The van der Waals surface area contributed by atoms with Gasteiger partial charge in [-0.1, -0.05) is 11.8 Å². The van der Waals surface area contributed by atoms with Crippen LogP contribution in [0.5, 0.6) is 5.75 Å². The van der Waals surface area contributed by atoms with E-state index in [9.17, 15) is 10.1 Å². The van der Waals surface area contributed by atoms with Crippen LogP contribution in [0.3, 0.4) is 0 Å². The molecule has 8 heteroatoms. The fourth-order valence-corrected chi connectivity index (χ4v) is 3.50. The summed E-state index contributed by atoms with van der Waals surface area (Å²) in [5, 5.41) is 9.79. The lowest BCUT2D eigenvalue weighted by Crippen LogP contribution is -2.44. The number of nitrogens with zero attached hydrogens (tertiary/aromatic N) is 4. The maximum atomic E-state index is 12.1. The standard InChI is InChI=1S/C20H25N5O2S/c1-24-9-11-25(12-10-24)8-3-13-27-16-6-4-15(5-7-16)18-17(14-21)19(26)23-20(22-18)28-2/h4-7H,3,8-13H2,1-2H3,(H,22,23,26). The molecule has 3 rings (SSSR count). The van der Waals surface area contributed by atoms with Gasteiger partial charge in [0.15, 0.2) is 5.16 Å². The van der Waals surface area contributed by atoms with Gasteiger partial charge in [0.05, 0.1) is 12.3 Å². The summed E-state index contributed by atoms with van der Waals surface area (Å²) >= 11 is 1.33. The molecular weight excluding hydrogens is 374 g/mol. The van der Waals surface area contributed by atoms with E-state index >= 15 is 0 Å². The predicted molar refractivity (Wildman–Crippen MR) is 111 cm³/mol. The van der Waals surface area contributed by atoms with Crippen LogP contribution in [0.2, 0.25) is 0 Å². The zero-order valence-electron chi connectivity index (χ0n) is 16.3. The van der Waals surface area contributed by atoms with E-state index in [0.717, 1.165) is 50.5 Å². The maximum absolute atomic E-state index is 12.1. The van der Waals surface area contributed by atoms with Gasteiger partial charge >= 0.3 is 0 Å². The third kappa shape index (κ3) is 5.13. The minimum atomic E-state index is -0.416. The highest BCUT2D eigenvalue weighted by atomic mass is 32.2. The topological polar surface area (TPSA) is 85.2 Å². The molecule has 1 saturated heterocycles. The first-order valence-corrected chi connectivity index (χ1v) is 10.6. The van der Waals surface area contributed by atoms with Crippen molar-refractivity contribution in [3.05, 3.63) is 40.2 Å². The molecule has 0 bridgehead atoms. The summed E-state index contributed by atoms with van der Waals surface area (Å²) in [6.07, 6.45) is 2.81. The lowest BCUT2D eigenvalue weighted by molar-refractivity contribution is 0.145. The van der Waals surface area contributed by atoms with Crippen molar-refractivity contribution in [1.29, 1.82) is 5.26 Å². The Bertz CT molecular complexity index is 883. The molecule has 1 aliphatic heterocycles. The third-order valence-electron chi connectivity index (χ3n) is 4.81. The Kier molecular flexibility index (Phi) is 7.09. The van der Waals surface area contributed by atoms with Crippen LogP contribution in [0.15, 0.2) is 34.2 Å². The molecule has 148 valence electrons. The number of piperazine rings is 1. The van der Waals surface area contributed by atoms with Gasteiger partial charge in [-0.25, -0.2) is 4.98 Å². The second kappa shape index (κ2) is 9.73. The number of benzene rings is 1. The zero-order chi connectivity index (χ0) is 19.9. The van der Waals surface area contributed by atoms with Crippen LogP contribution in [-0.2, 0) is 0 Å². The fraction of sp³-hybridized carbons (Fsp3) is 0.450. The predicted octanol–water partition coefficient (Wildman–Crippen LogP) is 2.05. The molecule has 1 aromatic heterocycles. The zero-order valence-corrected chi connectivity index (χ0v) is 17.1. The molecular formula is C20H25N5O2S. The largest absolute Gasteiger partial charge is 0.494 e. The summed E-state index contributed by atoms with van der Waals surface area (Å²) < 4.78 is 5.84. The van der Waals surface area contributed by atoms with Crippen molar-refractivity contribution in [1.82, 2.24) is 19.8 Å². The number of likely N-dealkylation sites (N-methyl/N-ethyl adjacent to an activating group) is 1. The van der Waals surface area contributed by atoms with Crippen molar-refractivity contribution in [3.8, 4) is 23.1 Å². The Labute approximate surface area is 169 Å². The lowest BCUT2D eigenvalue weighted by atomic mass is 10.1. The second-order valence-corrected chi connectivity index (χ2v) is 7.58. The molecule has 1 fully saturated rings. The van der Waals surface area contributed by atoms with Gasteiger partial charge in [-0.2, -0.15) is 5.26 Å². The van der Waals surface area contributed by atoms with Crippen LogP contribution < -0.4 is 10.3 Å². The summed E-state index contributed by atoms with van der Waals surface area (Å²) in [5.41, 5.74) is 0.736. The molecule has 0 spiro atoms. The Morgan fingerprint density at radius 2 is 1.96 bits per heavy atom. The Balaban J connectivity index is 1.58. The smallest absolute Gasteiger partial charge is 0.270 e. The number of hydrogen-bond donors (Lipinski definition) is 1. The number of nitriles is 1. The highest BCUT2D eigenvalue weighted by Crippen LogP contribution is 2.23. The van der Waals surface area contributed by atoms with E-state index in [2.05, 4.69) is 26.8 Å². The molecule has 1 aromatic carbocycles. The Morgan fingerprint density at radius 3 is 2.61 bits per heavy atom. The van der Waals surface area contributed by atoms with Crippen molar-refractivity contribution >= 4 is 11.8 Å². The number of aromatic amines is 1. The highest BCUT2D eigenvalue weighted by Gasteiger charge is 2.14. The van der Waals surface area contributed by atoms with Gasteiger partial charge in [-0.05, 0) is 44.0 Å². The highest BCUT2D eigenvalue weighted by molar-refractivity contribution is 7.98. The van der Waals surface area contributed by atoms with E-state index in [0.29, 0.717) is 17.5 Å². The molecule has 0 unspecified atom stereocenters. The average Bonchev–Trinajstić information content (AvgIpc) is 2.72. The van der Waals surface area contributed by atoms with E-state index in [1.54, 1.807) is 0 Å². The van der Waals surface area contributed by atoms with Crippen LogP contribution in [0.25, 0.3) is 11.3 Å². The molecule has 2 heterocycles. The van der Waals surface area contributed by atoms with Gasteiger partial charge in [0, 0.05) is 38.3 Å². The van der Waals surface area contributed by atoms with Crippen molar-refractivity contribution in [3.63, 3.8) is 0 Å². The average molecular weight is 400 g/mol. The van der Waals surface area contributed by atoms with Crippen molar-refractivity contribution < 1.29 is 4.74 Å². The molecule has 7 nitrogen and oxygen atoms in total. The van der Waals surface area contributed by atoms with Crippen LogP contribution in [0.4, 0.5) is 0 Å². The van der Waals surface area contributed by atoms with Gasteiger partial charge in [0.2, 0.25) is 0 Å². The lowest BCUT2D eigenvalue weighted by Gasteiger charge is -2.32. The summed E-state index contributed by atoms with van der Waals surface area (Å²) in [6, 6.07) is 9.33. The van der Waals surface area contributed by atoms with E-state index < -0.39 is 5.56 Å². The van der Waals surface area contributed by atoms with Crippen molar-refractivity contribution in [2.75, 3.05) is 52.6 Å². The van der Waals surface area contributed by atoms with Crippen LogP contribution in [0.1, 0.15) is 12.0 Å². The first kappa shape index (κ1) is 20.4. The minimum absolute atomic E-state index is 0.0265. The Morgan fingerprint density at radius 1 is 1.25 bits per heavy atom. The molecule has 0 aliphatic carbocycles. The van der Waals surface area contributed by atoms with Crippen LogP contribution >= 0.6 is 11.8 Å². The normalized spacial score (nSPS) is 15.3. The number of ether oxygens (including phenoxy) is 1. The molecule has 0 radical (unpaired) electrons. The molecule has 0 saturated carbocycles. The molecule has 2 aromatic rings. The van der Waals surface area contributed by atoms with Crippen LogP contribution in [-0.4, -0.2) is 72.4 Å². The summed E-state index contributed by atoms with van der Waals surface area (Å²) in [5.74, 6) is 0.774. The minimum Gasteiger partial charge on any atom is -0.494 e. The monoisotopic (exact) mass is 399 g/mol. The third-order valence-corrected chi connectivity index (χ3v) is 5.39. The first-order chi connectivity index (χ1) is 13.6. The van der Waals surface area contributed by atoms with Gasteiger partial charge in [-0.15, -0.1) is 0 Å². The van der Waals surface area contributed by atoms with Gasteiger partial charge in [0.25, 0.3) is 5.56 Å². The van der Waals surface area contributed by atoms with Gasteiger partial charge in [0.1, 0.15) is 17.4 Å². The van der Waals surface area contributed by atoms with Gasteiger partial charge in [-0.3, -0.25) is 4.79 Å². The van der Waals surface area contributed by atoms with E-state index in [1.807, 2.05) is 36.6 Å². The van der Waals surface area contributed by atoms with Crippen LogP contribution in [0, 0.1) is 11.3 Å². The molecule has 1 N–H and O–H groups in total. The molecule has 0 atom stereocenters. The number of hydrogen-bond acceptors (Lipinski definition) is 7. The molecule has 1 aliphatic rings. The quantitative estimate of drug-likeness (QED) is 0.433. The number of rotatable bonds is 7. The molecule has 28 heavy (non-hydrogen) atoms. The maximum Gasteiger partial charge on any atom is 0.270 e. The number of thioether (sulfide) groups is 1. The number of H-pyrrole nitrogens is 1. The van der Waals surface area contributed by atoms with E-state index in [-0.39, 0.29) is 5.56 Å². The number of nitrogens with one attached hydrogen (secondary N) is 1. The van der Waals surface area contributed by atoms with E-state index in [1.165, 1.54) is 11.8 Å². The number of aromatic nitrogens is 2. The summed E-state index contributed by atoms with van der Waals surface area (Å²) in [4.78, 5) is 23.9. The SMILES string of the molecule is CSc1nc(-c2ccc(OCCCN3CCN(C)CC3)cc2)c(C#N)c(=O)[nH]1. The second-order valence-electron chi connectivity index (χ2n) is 6.78. The first-order valence-electron chi connectivity index (χ1n) is 9.33. The summed E-state index contributed by atoms with van der Waals surface area (Å²) in [6.45, 7) is 6.20. The van der Waals surface area contributed by atoms with E-state index in [4.69, 9.17) is 4.74 Å².